The van der Waals surface area contributed by atoms with E-state index < -0.39 is 15.8 Å². The first-order valence-corrected chi connectivity index (χ1v) is 9.46. The van der Waals surface area contributed by atoms with E-state index in [1.165, 1.54) is 30.3 Å². The van der Waals surface area contributed by atoms with Gasteiger partial charge in [-0.25, -0.2) is 17.5 Å². The Kier molecular flexibility index (Phi) is 5.29. The number of benzene rings is 3. The highest BCUT2D eigenvalue weighted by Gasteiger charge is 2.14. The highest BCUT2D eigenvalue weighted by atomic mass is 32.2. The number of rotatable bonds is 6. The van der Waals surface area contributed by atoms with E-state index in [4.69, 9.17) is 0 Å². The summed E-state index contributed by atoms with van der Waals surface area (Å²) in [6, 6.07) is 17.7. The van der Waals surface area contributed by atoms with E-state index in [1.807, 2.05) is 24.3 Å². The molecule has 0 radical (unpaired) electrons. The lowest BCUT2D eigenvalue weighted by Gasteiger charge is -2.08. The first kappa shape index (κ1) is 18.0. The van der Waals surface area contributed by atoms with E-state index in [0.717, 1.165) is 10.8 Å². The predicted molar refractivity (Wildman–Crippen MR) is 98.8 cm³/mol. The predicted octanol–water partition coefficient (Wildman–Crippen LogP) is 3.29. The van der Waals surface area contributed by atoms with E-state index in [1.54, 1.807) is 12.1 Å². The fraction of sp³-hybridized carbons (Fsp3) is 0.105. The van der Waals surface area contributed by atoms with Crippen LogP contribution in [-0.2, 0) is 14.8 Å². The summed E-state index contributed by atoms with van der Waals surface area (Å²) in [4.78, 5) is 12.0. The minimum atomic E-state index is -3.71. The van der Waals surface area contributed by atoms with Gasteiger partial charge in [0.15, 0.2) is 0 Å². The zero-order valence-electron chi connectivity index (χ0n) is 13.8. The van der Waals surface area contributed by atoms with Crippen molar-refractivity contribution in [2.75, 3.05) is 11.9 Å². The molecule has 1 amide bonds. The Morgan fingerprint density at radius 2 is 1.62 bits per heavy atom. The van der Waals surface area contributed by atoms with Crippen molar-refractivity contribution < 1.29 is 17.6 Å². The summed E-state index contributed by atoms with van der Waals surface area (Å²) in [5.74, 6) is -0.760. The molecule has 26 heavy (non-hydrogen) atoms. The fourth-order valence-electron chi connectivity index (χ4n) is 2.47. The third-order valence-corrected chi connectivity index (χ3v) is 5.26. The van der Waals surface area contributed by atoms with Gasteiger partial charge in [-0.2, -0.15) is 0 Å². The average molecular weight is 372 g/mol. The molecule has 7 heteroatoms. The molecule has 134 valence electrons. The van der Waals surface area contributed by atoms with Crippen molar-refractivity contribution in [1.82, 2.24) is 4.72 Å². The van der Waals surface area contributed by atoms with Crippen LogP contribution >= 0.6 is 0 Å². The third kappa shape index (κ3) is 4.44. The first-order chi connectivity index (χ1) is 12.4. The number of sulfonamides is 1. The summed E-state index contributed by atoms with van der Waals surface area (Å²) in [5.41, 5.74) is 0.453. The van der Waals surface area contributed by atoms with E-state index >= 15 is 0 Å². The van der Waals surface area contributed by atoms with Crippen LogP contribution in [0.3, 0.4) is 0 Å². The van der Waals surface area contributed by atoms with Crippen molar-refractivity contribution in [3.63, 3.8) is 0 Å². The minimum absolute atomic E-state index is 0.0375. The lowest BCUT2D eigenvalue weighted by atomic mass is 10.1. The van der Waals surface area contributed by atoms with Crippen molar-refractivity contribution in [2.45, 2.75) is 11.3 Å². The minimum Gasteiger partial charge on any atom is -0.326 e. The quantitative estimate of drug-likeness (QED) is 0.697. The van der Waals surface area contributed by atoms with Gasteiger partial charge in [0.25, 0.3) is 0 Å². The first-order valence-electron chi connectivity index (χ1n) is 7.98. The van der Waals surface area contributed by atoms with Crippen LogP contribution in [0.25, 0.3) is 10.8 Å². The average Bonchev–Trinajstić information content (AvgIpc) is 2.63. The molecule has 0 saturated heterocycles. The number of anilines is 1. The number of nitrogens with one attached hydrogen (secondary N) is 2. The molecular formula is C19H17FN2O3S. The van der Waals surface area contributed by atoms with Crippen molar-refractivity contribution in [2.24, 2.45) is 0 Å². The summed E-state index contributed by atoms with van der Waals surface area (Å²) in [7, 11) is -3.71. The second kappa shape index (κ2) is 7.63. The lowest BCUT2D eigenvalue weighted by molar-refractivity contribution is -0.116. The topological polar surface area (TPSA) is 75.3 Å². The van der Waals surface area contributed by atoms with Crippen LogP contribution in [-0.4, -0.2) is 20.9 Å². The van der Waals surface area contributed by atoms with Gasteiger partial charge < -0.3 is 5.32 Å². The number of hydrogen-bond donors (Lipinski definition) is 2. The lowest BCUT2D eigenvalue weighted by Crippen LogP contribution is -2.27. The molecule has 3 aromatic rings. The molecule has 0 aromatic heterocycles. The molecular weight excluding hydrogens is 355 g/mol. The monoisotopic (exact) mass is 372 g/mol. The van der Waals surface area contributed by atoms with Crippen molar-refractivity contribution in [3.8, 4) is 0 Å². The summed E-state index contributed by atoms with van der Waals surface area (Å²) < 4.78 is 40.0. The maximum absolute atomic E-state index is 12.8. The maximum Gasteiger partial charge on any atom is 0.240 e. The molecule has 0 unspecified atom stereocenters. The Balaban J connectivity index is 1.58. The normalized spacial score (nSPS) is 11.4. The van der Waals surface area contributed by atoms with Gasteiger partial charge in [-0.15, -0.1) is 0 Å². The second-order valence-electron chi connectivity index (χ2n) is 5.71. The standard InChI is InChI=1S/C19H17FN2O3S/c20-16-6-8-17(9-7-16)22-19(23)11-12-21-26(24,25)18-10-5-14-3-1-2-4-15(14)13-18/h1-10,13,21H,11-12H2,(H,22,23). The van der Waals surface area contributed by atoms with Gasteiger partial charge in [-0.3, -0.25) is 4.79 Å². The number of carbonyl (C=O) groups excluding carboxylic acids is 1. The van der Waals surface area contributed by atoms with Crippen molar-refractivity contribution in [3.05, 3.63) is 72.5 Å². The second-order valence-corrected chi connectivity index (χ2v) is 7.48. The molecule has 2 N–H and O–H groups in total. The zero-order chi connectivity index (χ0) is 18.6. The Hall–Kier alpha value is -2.77. The van der Waals surface area contributed by atoms with Gasteiger partial charge in [0.1, 0.15) is 5.82 Å². The Bertz CT molecular complexity index is 1030. The van der Waals surface area contributed by atoms with E-state index in [2.05, 4.69) is 10.0 Å². The molecule has 5 nitrogen and oxygen atoms in total. The summed E-state index contributed by atoms with van der Waals surface area (Å²) in [5, 5.41) is 4.35. The molecule has 0 bridgehead atoms. The summed E-state index contributed by atoms with van der Waals surface area (Å²) in [6.45, 7) is -0.0395. The molecule has 0 saturated carbocycles. The molecule has 0 fully saturated rings. The zero-order valence-corrected chi connectivity index (χ0v) is 14.6. The van der Waals surface area contributed by atoms with Crippen LogP contribution in [0.4, 0.5) is 10.1 Å². The van der Waals surface area contributed by atoms with Gasteiger partial charge in [-0.05, 0) is 47.2 Å². The van der Waals surface area contributed by atoms with Crippen molar-refractivity contribution >= 4 is 32.4 Å². The molecule has 0 aliphatic carbocycles. The number of carbonyl (C=O) groups is 1. The van der Waals surface area contributed by atoms with Crippen LogP contribution in [0.15, 0.2) is 71.6 Å². The van der Waals surface area contributed by atoms with Crippen LogP contribution in [0, 0.1) is 5.82 Å². The molecule has 0 atom stereocenters. The Labute approximate surface area is 150 Å². The van der Waals surface area contributed by atoms with E-state index in [-0.39, 0.29) is 23.8 Å². The Morgan fingerprint density at radius 1 is 0.923 bits per heavy atom. The number of hydrogen-bond acceptors (Lipinski definition) is 3. The number of fused-ring (bicyclic) bond motifs is 1. The van der Waals surface area contributed by atoms with Gasteiger partial charge in [0, 0.05) is 18.7 Å². The molecule has 3 rings (SSSR count). The number of halogens is 1. The maximum atomic E-state index is 12.8. The largest absolute Gasteiger partial charge is 0.326 e. The summed E-state index contributed by atoms with van der Waals surface area (Å²) in [6.07, 6.45) is -0.0375. The fourth-order valence-corrected chi connectivity index (χ4v) is 3.54. The van der Waals surface area contributed by atoms with Gasteiger partial charge in [-0.1, -0.05) is 30.3 Å². The molecule has 0 aliphatic rings. The molecule has 0 heterocycles. The smallest absolute Gasteiger partial charge is 0.240 e. The van der Waals surface area contributed by atoms with Crippen LogP contribution in [0.1, 0.15) is 6.42 Å². The molecule has 3 aromatic carbocycles. The Morgan fingerprint density at radius 3 is 2.35 bits per heavy atom. The molecule has 0 aliphatic heterocycles. The van der Waals surface area contributed by atoms with Crippen molar-refractivity contribution in [1.29, 1.82) is 0 Å². The SMILES string of the molecule is O=C(CCNS(=O)(=O)c1ccc2ccccc2c1)Nc1ccc(F)cc1. The third-order valence-electron chi connectivity index (χ3n) is 3.80. The van der Waals surface area contributed by atoms with Crippen LogP contribution in [0.5, 0.6) is 0 Å². The van der Waals surface area contributed by atoms with E-state index in [9.17, 15) is 17.6 Å². The number of amides is 1. The molecule has 0 spiro atoms. The van der Waals surface area contributed by atoms with Gasteiger partial charge in [0.2, 0.25) is 15.9 Å². The van der Waals surface area contributed by atoms with Crippen LogP contribution < -0.4 is 10.0 Å². The van der Waals surface area contributed by atoms with E-state index in [0.29, 0.717) is 5.69 Å². The van der Waals surface area contributed by atoms with Gasteiger partial charge >= 0.3 is 0 Å². The summed E-state index contributed by atoms with van der Waals surface area (Å²) >= 11 is 0. The highest BCUT2D eigenvalue weighted by molar-refractivity contribution is 7.89. The van der Waals surface area contributed by atoms with Gasteiger partial charge in [0.05, 0.1) is 4.90 Å². The van der Waals surface area contributed by atoms with Crippen LogP contribution in [0.2, 0.25) is 0 Å². The highest BCUT2D eigenvalue weighted by Crippen LogP contribution is 2.18.